The predicted octanol–water partition coefficient (Wildman–Crippen LogP) is 3.29. The molecule has 0 saturated heterocycles. The molecule has 21 heavy (non-hydrogen) atoms. The second kappa shape index (κ2) is 5.66. The second-order valence-electron chi connectivity index (χ2n) is 4.95. The van der Waals surface area contributed by atoms with Crippen LogP contribution in [0.5, 0.6) is 0 Å². The first-order valence-corrected chi connectivity index (χ1v) is 7.97. The maximum absolute atomic E-state index is 13.8. The molecule has 0 bridgehead atoms. The standard InChI is InChI=1S/C16H14FNO2S/c1-11-3-6-16(12(2)7-11)21(19,20)10-14-5-4-13(9-18)8-15(14)17/h3-8H,10H2,1-2H3. The van der Waals surface area contributed by atoms with E-state index in [1.807, 2.05) is 13.0 Å². The summed E-state index contributed by atoms with van der Waals surface area (Å²) in [7, 11) is -3.63. The molecule has 0 heterocycles. The minimum Gasteiger partial charge on any atom is -0.223 e. The van der Waals surface area contributed by atoms with E-state index in [9.17, 15) is 12.8 Å². The third-order valence-electron chi connectivity index (χ3n) is 3.19. The quantitative estimate of drug-likeness (QED) is 0.874. The molecule has 0 spiro atoms. The van der Waals surface area contributed by atoms with Gasteiger partial charge in [-0.3, -0.25) is 0 Å². The zero-order valence-corrected chi connectivity index (χ0v) is 12.5. The lowest BCUT2D eigenvalue weighted by Gasteiger charge is -2.09. The Morgan fingerprint density at radius 1 is 1.14 bits per heavy atom. The highest BCUT2D eigenvalue weighted by Gasteiger charge is 2.19. The molecular weight excluding hydrogens is 289 g/mol. The molecule has 0 atom stereocenters. The number of hydrogen-bond donors (Lipinski definition) is 0. The zero-order chi connectivity index (χ0) is 15.6. The van der Waals surface area contributed by atoms with Gasteiger partial charge >= 0.3 is 0 Å². The Hall–Kier alpha value is -2.19. The van der Waals surface area contributed by atoms with Crippen LogP contribution in [0.3, 0.4) is 0 Å². The SMILES string of the molecule is Cc1ccc(S(=O)(=O)Cc2ccc(C#N)cc2F)c(C)c1. The van der Waals surface area contributed by atoms with Crippen LogP contribution in [0.2, 0.25) is 0 Å². The van der Waals surface area contributed by atoms with Gasteiger partial charge in [0.2, 0.25) is 0 Å². The minimum atomic E-state index is -3.63. The molecule has 3 nitrogen and oxygen atoms in total. The first-order valence-electron chi connectivity index (χ1n) is 6.32. The summed E-state index contributed by atoms with van der Waals surface area (Å²) in [6.45, 7) is 3.60. The molecule has 0 unspecified atom stereocenters. The van der Waals surface area contributed by atoms with Crippen LogP contribution < -0.4 is 0 Å². The highest BCUT2D eigenvalue weighted by Crippen LogP contribution is 2.22. The summed E-state index contributed by atoms with van der Waals surface area (Å²) in [6.07, 6.45) is 0. The number of halogens is 1. The Bertz CT molecular complexity index is 836. The van der Waals surface area contributed by atoms with E-state index in [2.05, 4.69) is 0 Å². The maximum atomic E-state index is 13.8. The third-order valence-corrected chi connectivity index (χ3v) is 5.01. The monoisotopic (exact) mass is 303 g/mol. The van der Waals surface area contributed by atoms with Crippen molar-refractivity contribution < 1.29 is 12.8 Å². The topological polar surface area (TPSA) is 57.9 Å². The first kappa shape index (κ1) is 15.2. The molecule has 2 aromatic carbocycles. The summed E-state index contributed by atoms with van der Waals surface area (Å²) >= 11 is 0. The lowest BCUT2D eigenvalue weighted by molar-refractivity contribution is 0.586. The van der Waals surface area contributed by atoms with Crippen molar-refractivity contribution >= 4 is 9.84 Å². The van der Waals surface area contributed by atoms with Gasteiger partial charge in [-0.1, -0.05) is 23.8 Å². The van der Waals surface area contributed by atoms with Gasteiger partial charge in [-0.2, -0.15) is 5.26 Å². The highest BCUT2D eigenvalue weighted by molar-refractivity contribution is 7.90. The van der Waals surface area contributed by atoms with E-state index in [0.29, 0.717) is 5.56 Å². The van der Waals surface area contributed by atoms with E-state index in [1.54, 1.807) is 25.1 Å². The van der Waals surface area contributed by atoms with Gasteiger partial charge in [0.1, 0.15) is 5.82 Å². The highest BCUT2D eigenvalue weighted by atomic mass is 32.2. The van der Waals surface area contributed by atoms with Crippen LogP contribution in [-0.2, 0) is 15.6 Å². The average Bonchev–Trinajstić information content (AvgIpc) is 2.40. The molecule has 2 rings (SSSR count). The van der Waals surface area contributed by atoms with E-state index in [4.69, 9.17) is 5.26 Å². The lowest BCUT2D eigenvalue weighted by Crippen LogP contribution is -2.08. The fourth-order valence-electron chi connectivity index (χ4n) is 2.16. The smallest absolute Gasteiger partial charge is 0.182 e. The van der Waals surface area contributed by atoms with E-state index >= 15 is 0 Å². The average molecular weight is 303 g/mol. The molecule has 0 N–H and O–H groups in total. The van der Waals surface area contributed by atoms with Gasteiger partial charge in [-0.25, -0.2) is 12.8 Å². The van der Waals surface area contributed by atoms with Crippen molar-refractivity contribution in [2.45, 2.75) is 24.5 Å². The minimum absolute atomic E-state index is 0.0639. The molecule has 5 heteroatoms. The Morgan fingerprint density at radius 3 is 2.43 bits per heavy atom. The molecule has 0 fully saturated rings. The second-order valence-corrected chi connectivity index (χ2v) is 6.90. The maximum Gasteiger partial charge on any atom is 0.182 e. The van der Waals surface area contributed by atoms with Gasteiger partial charge in [0, 0.05) is 5.56 Å². The largest absolute Gasteiger partial charge is 0.223 e. The third kappa shape index (κ3) is 3.29. The lowest BCUT2D eigenvalue weighted by atomic mass is 10.1. The van der Waals surface area contributed by atoms with Crippen molar-refractivity contribution in [1.82, 2.24) is 0 Å². The van der Waals surface area contributed by atoms with Crippen LogP contribution in [0.4, 0.5) is 4.39 Å². The normalized spacial score (nSPS) is 11.1. The van der Waals surface area contributed by atoms with Crippen molar-refractivity contribution in [1.29, 1.82) is 5.26 Å². The van der Waals surface area contributed by atoms with E-state index in [0.717, 1.165) is 11.6 Å². The fourth-order valence-corrected chi connectivity index (χ4v) is 3.79. The van der Waals surface area contributed by atoms with Gasteiger partial charge in [0.05, 0.1) is 22.3 Å². The molecule has 0 aliphatic heterocycles. The molecule has 0 saturated carbocycles. The molecule has 108 valence electrons. The van der Waals surface area contributed by atoms with Gasteiger partial charge < -0.3 is 0 Å². The van der Waals surface area contributed by atoms with Crippen molar-refractivity contribution in [2.24, 2.45) is 0 Å². The summed E-state index contributed by atoms with van der Waals surface area (Å²) in [5, 5.41) is 8.69. The molecule has 0 aliphatic carbocycles. The van der Waals surface area contributed by atoms with Crippen LogP contribution in [-0.4, -0.2) is 8.42 Å². The van der Waals surface area contributed by atoms with Crippen LogP contribution >= 0.6 is 0 Å². The number of nitriles is 1. The Kier molecular flexibility index (Phi) is 4.10. The van der Waals surface area contributed by atoms with E-state index < -0.39 is 21.4 Å². The van der Waals surface area contributed by atoms with Crippen LogP contribution in [0.15, 0.2) is 41.3 Å². The van der Waals surface area contributed by atoms with Crippen LogP contribution in [0, 0.1) is 31.0 Å². The molecule has 0 aromatic heterocycles. The number of nitrogens with zero attached hydrogens (tertiary/aromatic N) is 1. The van der Waals surface area contributed by atoms with Crippen LogP contribution in [0.25, 0.3) is 0 Å². The van der Waals surface area contributed by atoms with E-state index in [1.165, 1.54) is 12.1 Å². The number of aryl methyl sites for hydroxylation is 2. The fraction of sp³-hybridized carbons (Fsp3) is 0.188. The van der Waals surface area contributed by atoms with Gasteiger partial charge in [0.25, 0.3) is 0 Å². The Balaban J connectivity index is 2.40. The zero-order valence-electron chi connectivity index (χ0n) is 11.7. The number of rotatable bonds is 3. The summed E-state index contributed by atoms with van der Waals surface area (Å²) in [6, 6.07) is 10.7. The Labute approximate surface area is 123 Å². The molecule has 0 aliphatic rings. The van der Waals surface area contributed by atoms with Crippen LogP contribution in [0.1, 0.15) is 22.3 Å². The molecule has 0 amide bonds. The summed E-state index contributed by atoms with van der Waals surface area (Å²) < 4.78 is 38.6. The molecular formula is C16H14FNO2S. The summed E-state index contributed by atoms with van der Waals surface area (Å²) in [4.78, 5) is 0.205. The Morgan fingerprint density at radius 2 is 1.86 bits per heavy atom. The van der Waals surface area contributed by atoms with Crippen molar-refractivity contribution in [2.75, 3.05) is 0 Å². The van der Waals surface area contributed by atoms with Gasteiger partial charge in [-0.15, -0.1) is 0 Å². The van der Waals surface area contributed by atoms with Gasteiger partial charge in [0.15, 0.2) is 9.84 Å². The van der Waals surface area contributed by atoms with Gasteiger partial charge in [-0.05, 0) is 37.6 Å². The number of sulfone groups is 1. The number of hydrogen-bond acceptors (Lipinski definition) is 3. The van der Waals surface area contributed by atoms with Crippen molar-refractivity contribution in [3.05, 3.63) is 64.5 Å². The summed E-state index contributed by atoms with van der Waals surface area (Å²) in [5.74, 6) is -1.10. The van der Waals surface area contributed by atoms with Crippen molar-refractivity contribution in [3.63, 3.8) is 0 Å². The molecule has 2 aromatic rings. The first-order chi connectivity index (χ1) is 9.83. The molecule has 0 radical (unpaired) electrons. The van der Waals surface area contributed by atoms with Crippen molar-refractivity contribution in [3.8, 4) is 6.07 Å². The predicted molar refractivity (Wildman–Crippen MR) is 77.9 cm³/mol. The number of benzene rings is 2. The summed E-state index contributed by atoms with van der Waals surface area (Å²) in [5.41, 5.74) is 1.84. The van der Waals surface area contributed by atoms with E-state index in [-0.39, 0.29) is 16.0 Å².